The molecule has 46 heavy (non-hydrogen) atoms. The van der Waals surface area contributed by atoms with Crippen molar-refractivity contribution in [3.05, 3.63) is 0 Å². The van der Waals surface area contributed by atoms with E-state index < -0.39 is 102 Å². The average molecular weight is 690 g/mol. The van der Waals surface area contributed by atoms with E-state index in [0.29, 0.717) is 0 Å². The van der Waals surface area contributed by atoms with Crippen LogP contribution in [0.1, 0.15) is 0 Å². The van der Waals surface area contributed by atoms with E-state index >= 15 is 0 Å². The first-order chi connectivity index (χ1) is 21.7. The van der Waals surface area contributed by atoms with E-state index in [0.717, 1.165) is 22.5 Å². The normalized spacial score (nSPS) is 45.6. The van der Waals surface area contributed by atoms with Gasteiger partial charge in [0.1, 0.15) is 36.6 Å². The molecule has 7 aliphatic rings. The Morgan fingerprint density at radius 1 is 0.717 bits per heavy atom. The van der Waals surface area contributed by atoms with Gasteiger partial charge in [-0.2, -0.15) is 20.0 Å². The predicted octanol–water partition coefficient (Wildman–Crippen LogP) is -4.89. The van der Waals surface area contributed by atoms with Gasteiger partial charge in [-0.15, -0.1) is 0 Å². The van der Waals surface area contributed by atoms with Crippen LogP contribution in [0.25, 0.3) is 0 Å². The van der Waals surface area contributed by atoms with Crippen LogP contribution in [0.3, 0.4) is 0 Å². The first-order valence-corrected chi connectivity index (χ1v) is 16.3. The lowest BCUT2D eigenvalue weighted by Crippen LogP contribution is -2.49. The maximum Gasteiger partial charge on any atom is 0.472 e. The number of aliphatic hydroxyl groups is 2. The smallest absolute Gasteiger partial charge is 0.386 e. The van der Waals surface area contributed by atoms with Crippen molar-refractivity contribution in [3.8, 4) is 0 Å². The molecular formula is C20H24N10O14P2. The Balaban J connectivity index is 1.12. The number of hydrogen-bond acceptors (Lipinski definition) is 20. The Hall–Kier alpha value is -3.38. The molecule has 0 aliphatic carbocycles. The summed E-state index contributed by atoms with van der Waals surface area (Å²) in [5, 5.41) is 22.2. The van der Waals surface area contributed by atoms with Gasteiger partial charge in [0.2, 0.25) is 11.9 Å². The summed E-state index contributed by atoms with van der Waals surface area (Å²) < 4.78 is 58.4. The third-order valence-corrected chi connectivity index (χ3v) is 9.53. The summed E-state index contributed by atoms with van der Waals surface area (Å²) in [6.45, 7) is -1.74. The van der Waals surface area contributed by atoms with Crippen LogP contribution in [-0.4, -0.2) is 152 Å². The first kappa shape index (κ1) is 31.2. The molecule has 26 heteroatoms. The molecule has 0 bridgehead atoms. The molecule has 12 atom stereocenters. The molecule has 0 spiro atoms. The van der Waals surface area contributed by atoms with E-state index in [9.17, 15) is 38.7 Å². The molecule has 0 aromatic rings. The van der Waals surface area contributed by atoms with Crippen LogP contribution in [0.2, 0.25) is 0 Å². The fraction of sp³-hybridized carbons (Fsp3) is 0.600. The monoisotopic (exact) mass is 690 g/mol. The van der Waals surface area contributed by atoms with E-state index in [1.165, 1.54) is 0 Å². The van der Waals surface area contributed by atoms with E-state index in [1.807, 2.05) is 0 Å². The van der Waals surface area contributed by atoms with Crippen molar-refractivity contribution in [3.63, 3.8) is 0 Å². The number of fused-ring (bicyclic) bond motifs is 4. The SMILES string of the molecule is NC1=NC(=O)C2N=CN(C3OC4COP(=O)(O)OC5C(COP(=O)(O)OC4C3O)OC(N3C=NC4C(=O)N=C(N)N=C43)C5O)C2=N1. The highest BCUT2D eigenvalue weighted by molar-refractivity contribution is 7.47. The van der Waals surface area contributed by atoms with Crippen molar-refractivity contribution in [1.82, 2.24) is 9.80 Å². The summed E-state index contributed by atoms with van der Waals surface area (Å²) >= 11 is 0. The van der Waals surface area contributed by atoms with Crippen LogP contribution >= 0.6 is 15.6 Å². The van der Waals surface area contributed by atoms with Crippen molar-refractivity contribution in [2.45, 2.75) is 61.2 Å². The van der Waals surface area contributed by atoms with Gasteiger partial charge >= 0.3 is 15.6 Å². The van der Waals surface area contributed by atoms with Gasteiger partial charge in [0.05, 0.1) is 25.9 Å². The van der Waals surface area contributed by atoms with Crippen LogP contribution < -0.4 is 11.5 Å². The molecule has 2 amide bonds. The predicted molar refractivity (Wildman–Crippen MR) is 147 cm³/mol. The van der Waals surface area contributed by atoms with Crippen molar-refractivity contribution < 1.29 is 66.3 Å². The summed E-state index contributed by atoms with van der Waals surface area (Å²) in [5.41, 5.74) is 11.2. The Morgan fingerprint density at radius 2 is 1.11 bits per heavy atom. The van der Waals surface area contributed by atoms with Gasteiger partial charge in [0, 0.05) is 0 Å². The number of carbonyl (C=O) groups excluding carboxylic acids is 2. The molecule has 0 aromatic carbocycles. The van der Waals surface area contributed by atoms with Gasteiger partial charge in [-0.1, -0.05) is 0 Å². The molecule has 3 saturated heterocycles. The zero-order valence-corrected chi connectivity index (χ0v) is 24.6. The molecule has 0 saturated carbocycles. The number of aliphatic imine (C=N–C) groups is 6. The Labute approximate surface area is 255 Å². The molecule has 7 heterocycles. The maximum absolute atomic E-state index is 13.1. The van der Waals surface area contributed by atoms with Gasteiger partial charge in [0.25, 0.3) is 11.8 Å². The topological polar surface area (TPSA) is 337 Å². The van der Waals surface area contributed by atoms with Crippen molar-refractivity contribution >= 4 is 63.7 Å². The Morgan fingerprint density at radius 3 is 1.50 bits per heavy atom. The Kier molecular flexibility index (Phi) is 7.54. The number of hydrogen-bond donors (Lipinski definition) is 6. The molecule has 24 nitrogen and oxygen atoms in total. The molecule has 0 radical (unpaired) electrons. The minimum atomic E-state index is -5.10. The number of amides is 2. The minimum absolute atomic E-state index is 0.0687. The summed E-state index contributed by atoms with van der Waals surface area (Å²) in [6.07, 6.45) is -10.8. The fourth-order valence-electron chi connectivity index (χ4n) is 5.55. The highest BCUT2D eigenvalue weighted by Crippen LogP contribution is 2.52. The van der Waals surface area contributed by atoms with Gasteiger partial charge in [-0.25, -0.2) is 9.13 Å². The van der Waals surface area contributed by atoms with E-state index in [1.54, 1.807) is 0 Å². The average Bonchev–Trinajstić information content (AvgIpc) is 3.72. The third kappa shape index (κ3) is 5.40. The lowest BCUT2D eigenvalue weighted by Gasteiger charge is -2.28. The van der Waals surface area contributed by atoms with Crippen molar-refractivity contribution in [1.29, 1.82) is 0 Å². The second-order valence-electron chi connectivity index (χ2n) is 10.5. The number of rotatable bonds is 2. The summed E-state index contributed by atoms with van der Waals surface area (Å²) in [7, 11) is -10.2. The van der Waals surface area contributed by atoms with E-state index in [-0.39, 0.29) is 23.6 Å². The molecule has 7 aliphatic heterocycles. The van der Waals surface area contributed by atoms with Crippen LogP contribution in [0.15, 0.2) is 30.0 Å². The minimum Gasteiger partial charge on any atom is -0.386 e. The van der Waals surface area contributed by atoms with Crippen molar-refractivity contribution in [2.24, 2.45) is 41.4 Å². The zero-order valence-electron chi connectivity index (χ0n) is 22.8. The Bertz CT molecular complexity index is 1530. The van der Waals surface area contributed by atoms with Crippen LogP contribution in [-0.2, 0) is 46.3 Å². The third-order valence-electron chi connectivity index (χ3n) is 7.55. The summed E-state index contributed by atoms with van der Waals surface area (Å²) in [5.74, 6) is -2.38. The molecule has 0 aromatic heterocycles. The molecule has 8 N–H and O–H groups in total. The van der Waals surface area contributed by atoms with Crippen LogP contribution in [0.4, 0.5) is 0 Å². The molecule has 12 unspecified atom stereocenters. The number of aliphatic hydroxyl groups excluding tert-OH is 2. The number of nitrogens with two attached hydrogens (primary N) is 2. The largest absolute Gasteiger partial charge is 0.472 e. The number of nitrogens with zero attached hydrogens (tertiary/aromatic N) is 8. The number of phosphoric acid groups is 2. The highest BCUT2D eigenvalue weighted by Gasteiger charge is 2.57. The molecular weight excluding hydrogens is 666 g/mol. The molecule has 3 fully saturated rings. The van der Waals surface area contributed by atoms with Gasteiger partial charge in [-0.3, -0.25) is 47.5 Å². The number of phosphoric ester groups is 2. The van der Waals surface area contributed by atoms with Crippen molar-refractivity contribution in [2.75, 3.05) is 13.2 Å². The quantitative estimate of drug-likeness (QED) is 0.148. The zero-order chi connectivity index (χ0) is 32.7. The van der Waals surface area contributed by atoms with Gasteiger partial charge < -0.3 is 40.9 Å². The second kappa shape index (κ2) is 11.1. The number of carbonyl (C=O) groups is 2. The molecule has 7 rings (SSSR count). The van der Waals surface area contributed by atoms with Gasteiger partial charge in [0.15, 0.2) is 36.2 Å². The van der Waals surface area contributed by atoms with Crippen LogP contribution in [0.5, 0.6) is 0 Å². The number of guanidine groups is 2. The lowest BCUT2D eigenvalue weighted by atomic mass is 10.1. The van der Waals surface area contributed by atoms with E-state index in [4.69, 9.17) is 39.0 Å². The van der Waals surface area contributed by atoms with E-state index in [2.05, 4.69) is 30.0 Å². The fourth-order valence-corrected chi connectivity index (χ4v) is 7.48. The number of ether oxygens (including phenoxy) is 2. The van der Waals surface area contributed by atoms with Crippen LogP contribution in [0, 0.1) is 0 Å². The maximum atomic E-state index is 13.1. The lowest BCUT2D eigenvalue weighted by molar-refractivity contribution is -0.118. The first-order valence-electron chi connectivity index (χ1n) is 13.3. The number of amidine groups is 2. The molecule has 248 valence electrons. The standard InChI is InChI=1S/C20H24N10O14P2/c21-19-25-13-7(15(33)27-19)23-3-29(13)17-9(31)11-5(41-17)1-39-45(35,36)44-12-6(2-40-46(37,38)43-11)42-18(10(12)32)30-4-24-8-14(30)26-20(22)28-16(8)34/h3-12,17-18,31-32H,1-2H2,(H,35,36)(H,37,38)(H2,21,27,33)(H2,22,28,34). The summed E-state index contributed by atoms with van der Waals surface area (Å²) in [6, 6.07) is -2.37. The second-order valence-corrected chi connectivity index (χ2v) is 13.3. The van der Waals surface area contributed by atoms with Gasteiger partial charge in [-0.05, 0) is 0 Å². The summed E-state index contributed by atoms with van der Waals surface area (Å²) in [4.78, 5) is 70.7. The highest BCUT2D eigenvalue weighted by atomic mass is 31.2.